The fraction of sp³-hybridized carbons (Fsp3) is 0.385. The smallest absolute Gasteiger partial charge is 0.337 e. The molecule has 1 aromatic carbocycles. The molecule has 0 spiro atoms. The summed E-state index contributed by atoms with van der Waals surface area (Å²) in [5, 5.41) is 9.04. The molecule has 1 saturated heterocycles. The molecule has 2 rings (SSSR count). The number of carboxylic acids is 1. The van der Waals surface area contributed by atoms with Crippen LogP contribution in [0.25, 0.3) is 0 Å². The van der Waals surface area contributed by atoms with Crippen molar-refractivity contribution in [1.82, 2.24) is 4.90 Å². The molecule has 1 aromatic rings. The van der Waals surface area contributed by atoms with E-state index in [9.17, 15) is 18.0 Å². The Bertz CT molecular complexity index is 648. The van der Waals surface area contributed by atoms with Crippen LogP contribution in [0.2, 0.25) is 0 Å². The molecule has 0 saturated carbocycles. The summed E-state index contributed by atoms with van der Waals surface area (Å²) in [6.07, 6.45) is 0. The second kappa shape index (κ2) is 6.23. The maximum absolute atomic E-state index is 12.3. The summed E-state index contributed by atoms with van der Waals surface area (Å²) in [4.78, 5) is 24.2. The number of morpholine rings is 1. The van der Waals surface area contributed by atoms with Crippen molar-refractivity contribution >= 4 is 21.7 Å². The lowest BCUT2D eigenvalue weighted by molar-refractivity contribution is -0.132. The van der Waals surface area contributed by atoms with Crippen molar-refractivity contribution in [3.8, 4) is 0 Å². The number of amides is 1. The molecule has 8 heteroatoms. The molecular weight excluding hydrogens is 298 g/mol. The van der Waals surface area contributed by atoms with Crippen molar-refractivity contribution in [2.24, 2.45) is 0 Å². The van der Waals surface area contributed by atoms with Crippen molar-refractivity contribution in [2.45, 2.75) is 4.90 Å². The standard InChI is InChI=1S/C13H15NO6S/c15-12(14-5-7-20-8-6-14)9-21(18,19)11-4-2-1-3-10(11)13(16)17/h1-4H,5-9H2,(H,16,17). The Hall–Kier alpha value is -1.93. The van der Waals surface area contributed by atoms with Gasteiger partial charge in [0, 0.05) is 13.1 Å². The van der Waals surface area contributed by atoms with Gasteiger partial charge in [-0.3, -0.25) is 4.79 Å². The number of carboxylic acid groups (broad SMARTS) is 1. The van der Waals surface area contributed by atoms with Gasteiger partial charge in [0.25, 0.3) is 0 Å². The molecule has 7 nitrogen and oxygen atoms in total. The van der Waals surface area contributed by atoms with Crippen molar-refractivity contribution < 1.29 is 27.9 Å². The van der Waals surface area contributed by atoms with Crippen LogP contribution in [0, 0.1) is 0 Å². The molecule has 1 heterocycles. The SMILES string of the molecule is O=C(O)c1ccccc1S(=O)(=O)CC(=O)N1CCOCC1. The fourth-order valence-corrected chi connectivity index (χ4v) is 3.50. The summed E-state index contributed by atoms with van der Waals surface area (Å²) < 4.78 is 29.6. The highest BCUT2D eigenvalue weighted by molar-refractivity contribution is 7.92. The van der Waals surface area contributed by atoms with E-state index in [2.05, 4.69) is 0 Å². The summed E-state index contributed by atoms with van der Waals surface area (Å²) in [6.45, 7) is 1.43. The third kappa shape index (κ3) is 3.59. The van der Waals surface area contributed by atoms with Crippen LogP contribution >= 0.6 is 0 Å². The van der Waals surface area contributed by atoms with Crippen molar-refractivity contribution in [3.05, 3.63) is 29.8 Å². The van der Waals surface area contributed by atoms with E-state index >= 15 is 0 Å². The van der Waals surface area contributed by atoms with E-state index in [1.54, 1.807) is 0 Å². The zero-order valence-corrected chi connectivity index (χ0v) is 12.0. The largest absolute Gasteiger partial charge is 0.478 e. The highest BCUT2D eigenvalue weighted by atomic mass is 32.2. The average Bonchev–Trinajstić information content (AvgIpc) is 2.47. The zero-order valence-electron chi connectivity index (χ0n) is 11.2. The van der Waals surface area contributed by atoms with E-state index in [4.69, 9.17) is 9.84 Å². The molecule has 1 aliphatic rings. The molecule has 0 radical (unpaired) electrons. The fourth-order valence-electron chi connectivity index (χ4n) is 2.06. The monoisotopic (exact) mass is 313 g/mol. The lowest BCUT2D eigenvalue weighted by Crippen LogP contribution is -2.43. The van der Waals surface area contributed by atoms with Crippen molar-refractivity contribution in [1.29, 1.82) is 0 Å². The van der Waals surface area contributed by atoms with Crippen LogP contribution in [-0.4, -0.2) is 62.4 Å². The maximum Gasteiger partial charge on any atom is 0.337 e. The number of carbonyl (C=O) groups is 2. The third-order valence-corrected chi connectivity index (χ3v) is 4.78. The summed E-state index contributed by atoms with van der Waals surface area (Å²) in [7, 11) is -4.00. The first-order valence-electron chi connectivity index (χ1n) is 6.32. The second-order valence-corrected chi connectivity index (χ2v) is 6.51. The predicted octanol–water partition coefficient (Wildman–Crippen LogP) is 0.0173. The summed E-state index contributed by atoms with van der Waals surface area (Å²) in [6, 6.07) is 5.27. The highest BCUT2D eigenvalue weighted by Gasteiger charge is 2.27. The highest BCUT2D eigenvalue weighted by Crippen LogP contribution is 2.17. The van der Waals surface area contributed by atoms with E-state index in [-0.39, 0.29) is 10.5 Å². The van der Waals surface area contributed by atoms with Gasteiger partial charge >= 0.3 is 5.97 Å². The molecule has 1 amide bonds. The van der Waals surface area contributed by atoms with Gasteiger partial charge in [-0.25, -0.2) is 13.2 Å². The Balaban J connectivity index is 2.22. The zero-order chi connectivity index (χ0) is 15.5. The van der Waals surface area contributed by atoms with Crippen LogP contribution < -0.4 is 0 Å². The summed E-state index contributed by atoms with van der Waals surface area (Å²) in [5.41, 5.74) is -0.327. The van der Waals surface area contributed by atoms with Crippen molar-refractivity contribution in [3.63, 3.8) is 0 Å². The van der Waals surface area contributed by atoms with Crippen LogP contribution in [0.5, 0.6) is 0 Å². The second-order valence-electron chi connectivity index (χ2n) is 4.55. The van der Waals surface area contributed by atoms with Gasteiger partial charge in [-0.15, -0.1) is 0 Å². The first kappa shape index (κ1) is 15.5. The number of aromatic carboxylic acids is 1. The topological polar surface area (TPSA) is 101 Å². The molecule has 21 heavy (non-hydrogen) atoms. The van der Waals surface area contributed by atoms with E-state index in [0.29, 0.717) is 26.3 Å². The number of ether oxygens (including phenoxy) is 1. The van der Waals surface area contributed by atoms with Gasteiger partial charge in [-0.05, 0) is 12.1 Å². The number of hydrogen-bond donors (Lipinski definition) is 1. The van der Waals surface area contributed by atoms with E-state index in [1.807, 2.05) is 0 Å². The van der Waals surface area contributed by atoms with Gasteiger partial charge in [0.05, 0.1) is 23.7 Å². The first-order chi connectivity index (χ1) is 9.92. The minimum atomic E-state index is -4.00. The van der Waals surface area contributed by atoms with E-state index in [0.717, 1.165) is 0 Å². The minimum Gasteiger partial charge on any atom is -0.478 e. The Kier molecular flexibility index (Phi) is 4.59. The summed E-state index contributed by atoms with van der Waals surface area (Å²) in [5.74, 6) is -2.62. The Labute approximate surface area is 122 Å². The predicted molar refractivity (Wildman–Crippen MR) is 72.9 cm³/mol. The number of sulfone groups is 1. The first-order valence-corrected chi connectivity index (χ1v) is 7.97. The molecular formula is C13H15NO6S. The van der Waals surface area contributed by atoms with Gasteiger partial charge in [0.15, 0.2) is 9.84 Å². The Morgan fingerprint density at radius 2 is 1.81 bits per heavy atom. The summed E-state index contributed by atoms with van der Waals surface area (Å²) >= 11 is 0. The lowest BCUT2D eigenvalue weighted by atomic mass is 10.2. The van der Waals surface area contributed by atoms with Gasteiger partial charge in [-0.1, -0.05) is 12.1 Å². The average molecular weight is 313 g/mol. The van der Waals surface area contributed by atoms with E-state index < -0.39 is 27.5 Å². The minimum absolute atomic E-state index is 0.327. The molecule has 1 aliphatic heterocycles. The lowest BCUT2D eigenvalue weighted by Gasteiger charge is -2.26. The number of hydrogen-bond acceptors (Lipinski definition) is 5. The van der Waals surface area contributed by atoms with Gasteiger partial charge in [0.1, 0.15) is 5.75 Å². The molecule has 0 aliphatic carbocycles. The van der Waals surface area contributed by atoms with Gasteiger partial charge in [0.2, 0.25) is 5.91 Å². The van der Waals surface area contributed by atoms with E-state index in [1.165, 1.54) is 29.2 Å². The number of carbonyl (C=O) groups excluding carboxylic acids is 1. The number of nitrogens with zero attached hydrogens (tertiary/aromatic N) is 1. The third-order valence-electron chi connectivity index (χ3n) is 3.13. The molecule has 0 unspecified atom stereocenters. The molecule has 0 aromatic heterocycles. The molecule has 0 bridgehead atoms. The van der Waals surface area contributed by atoms with Crippen LogP contribution in [0.3, 0.4) is 0 Å². The van der Waals surface area contributed by atoms with Crippen molar-refractivity contribution in [2.75, 3.05) is 32.1 Å². The molecule has 1 N–H and O–H groups in total. The normalized spacial score (nSPS) is 15.7. The quantitative estimate of drug-likeness (QED) is 0.841. The molecule has 0 atom stereocenters. The Morgan fingerprint density at radius 1 is 1.19 bits per heavy atom. The van der Waals surface area contributed by atoms with Gasteiger partial charge < -0.3 is 14.7 Å². The van der Waals surface area contributed by atoms with Gasteiger partial charge in [-0.2, -0.15) is 0 Å². The van der Waals surface area contributed by atoms with Crippen LogP contribution in [0.1, 0.15) is 10.4 Å². The van der Waals surface area contributed by atoms with Crippen LogP contribution in [0.4, 0.5) is 0 Å². The maximum atomic E-state index is 12.3. The Morgan fingerprint density at radius 3 is 2.43 bits per heavy atom. The van der Waals surface area contributed by atoms with Crippen LogP contribution in [0.15, 0.2) is 29.2 Å². The number of benzene rings is 1. The number of rotatable bonds is 4. The molecule has 1 fully saturated rings. The van der Waals surface area contributed by atoms with Crippen LogP contribution in [-0.2, 0) is 19.4 Å². The molecule has 114 valence electrons.